The fraction of sp³-hybridized carbons (Fsp3) is 0.611. The summed E-state index contributed by atoms with van der Waals surface area (Å²) in [6, 6.07) is 8.32. The van der Waals surface area contributed by atoms with Crippen molar-refractivity contribution in [3.8, 4) is 0 Å². The molecule has 1 amide bonds. The third-order valence-electron chi connectivity index (χ3n) is 3.97. The van der Waals surface area contributed by atoms with Crippen LogP contribution in [0.15, 0.2) is 24.3 Å². The minimum atomic E-state index is -0.495. The summed E-state index contributed by atoms with van der Waals surface area (Å²) >= 11 is 0. The number of nitrogens with one attached hydrogen (secondary N) is 2. The van der Waals surface area contributed by atoms with Gasteiger partial charge >= 0.3 is 6.09 Å². The first-order chi connectivity index (χ1) is 10.8. The summed E-state index contributed by atoms with van der Waals surface area (Å²) in [5.74, 6) is 0. The number of likely N-dealkylation sites (tertiary alicyclic amines) is 1. The molecule has 1 aliphatic heterocycles. The van der Waals surface area contributed by atoms with Crippen molar-refractivity contribution in [3.63, 3.8) is 0 Å². The van der Waals surface area contributed by atoms with Crippen LogP contribution in [0.25, 0.3) is 0 Å². The van der Waals surface area contributed by atoms with Gasteiger partial charge in [-0.25, -0.2) is 4.79 Å². The fourth-order valence-corrected chi connectivity index (χ4v) is 2.77. The zero-order valence-corrected chi connectivity index (χ0v) is 14.7. The molecule has 1 atom stereocenters. The number of carbonyl (C=O) groups is 1. The molecule has 1 aromatic rings. The van der Waals surface area contributed by atoms with Gasteiger partial charge in [0.2, 0.25) is 0 Å². The van der Waals surface area contributed by atoms with Crippen LogP contribution in [0.3, 0.4) is 0 Å². The Bertz CT molecular complexity index is 525. The van der Waals surface area contributed by atoms with Crippen LogP contribution < -0.4 is 10.6 Å². The number of piperidine rings is 1. The number of rotatable bonds is 4. The predicted molar refractivity (Wildman–Crippen MR) is 95.1 cm³/mol. The van der Waals surface area contributed by atoms with Gasteiger partial charge in [-0.05, 0) is 65.4 Å². The summed E-state index contributed by atoms with van der Waals surface area (Å²) in [5.41, 5.74) is 1.25. The number of likely N-dealkylation sites (N-methyl/N-ethyl adjacent to an activating group) is 1. The second-order valence-electron chi connectivity index (χ2n) is 7.22. The Morgan fingerprint density at radius 2 is 2.04 bits per heavy atom. The predicted octanol–water partition coefficient (Wildman–Crippen LogP) is 3.93. The highest BCUT2D eigenvalue weighted by Crippen LogP contribution is 2.19. The van der Waals surface area contributed by atoms with E-state index < -0.39 is 11.7 Å². The molecule has 1 aliphatic rings. The summed E-state index contributed by atoms with van der Waals surface area (Å²) < 4.78 is 5.27. The van der Waals surface area contributed by atoms with Crippen LogP contribution in [-0.4, -0.2) is 42.8 Å². The lowest BCUT2D eigenvalue weighted by Crippen LogP contribution is -2.40. The highest BCUT2D eigenvalue weighted by molar-refractivity contribution is 5.85. The Hall–Kier alpha value is -1.75. The van der Waals surface area contributed by atoms with Crippen molar-refractivity contribution in [2.45, 2.75) is 51.7 Å². The third kappa shape index (κ3) is 6.10. The van der Waals surface area contributed by atoms with Crippen molar-refractivity contribution in [3.05, 3.63) is 24.3 Å². The minimum absolute atomic E-state index is 0.429. The lowest BCUT2D eigenvalue weighted by Gasteiger charge is -2.32. The molecule has 1 saturated heterocycles. The normalized spacial score (nSPS) is 19.2. The summed E-state index contributed by atoms with van der Waals surface area (Å²) in [5, 5.41) is 6.25. The Morgan fingerprint density at radius 1 is 1.30 bits per heavy atom. The zero-order chi connectivity index (χ0) is 16.9. The molecule has 128 valence electrons. The standard InChI is InChI=1S/C18H29N3O2/c1-18(2,3)23-17(22)20-15-9-7-8-14(12-15)19-13-16-10-5-6-11-21(16)4/h7-9,12,16,19H,5-6,10-11,13H2,1-4H3,(H,20,22). The maximum atomic E-state index is 11.8. The maximum absolute atomic E-state index is 11.8. The van der Waals surface area contributed by atoms with Gasteiger partial charge in [-0.3, -0.25) is 5.32 Å². The van der Waals surface area contributed by atoms with Gasteiger partial charge in [0.1, 0.15) is 5.60 Å². The van der Waals surface area contributed by atoms with Gasteiger partial charge in [0.25, 0.3) is 0 Å². The van der Waals surface area contributed by atoms with Crippen molar-refractivity contribution < 1.29 is 9.53 Å². The van der Waals surface area contributed by atoms with E-state index in [9.17, 15) is 4.79 Å². The first kappa shape index (κ1) is 17.6. The van der Waals surface area contributed by atoms with Gasteiger partial charge in [0, 0.05) is 24.0 Å². The van der Waals surface area contributed by atoms with E-state index >= 15 is 0 Å². The molecule has 23 heavy (non-hydrogen) atoms. The molecule has 1 unspecified atom stereocenters. The number of amides is 1. The third-order valence-corrected chi connectivity index (χ3v) is 3.97. The van der Waals surface area contributed by atoms with E-state index in [4.69, 9.17) is 4.74 Å². The van der Waals surface area contributed by atoms with Crippen LogP contribution in [0, 0.1) is 0 Å². The van der Waals surface area contributed by atoms with Gasteiger partial charge < -0.3 is 15.0 Å². The summed E-state index contributed by atoms with van der Waals surface area (Å²) in [6.45, 7) is 7.65. The molecule has 1 heterocycles. The first-order valence-electron chi connectivity index (χ1n) is 8.38. The van der Waals surface area contributed by atoms with Crippen molar-refractivity contribution >= 4 is 17.5 Å². The summed E-state index contributed by atoms with van der Waals surface area (Å²) in [7, 11) is 2.19. The van der Waals surface area contributed by atoms with Crippen molar-refractivity contribution in [1.82, 2.24) is 4.90 Å². The number of carbonyl (C=O) groups excluding carboxylic acids is 1. The lowest BCUT2D eigenvalue weighted by molar-refractivity contribution is 0.0636. The van der Waals surface area contributed by atoms with Crippen molar-refractivity contribution in [1.29, 1.82) is 0 Å². The average molecular weight is 319 g/mol. The van der Waals surface area contributed by atoms with Gasteiger partial charge in [0.05, 0.1) is 0 Å². The van der Waals surface area contributed by atoms with Gasteiger partial charge in [0.15, 0.2) is 0 Å². The molecule has 1 fully saturated rings. The largest absolute Gasteiger partial charge is 0.444 e. The first-order valence-corrected chi connectivity index (χ1v) is 8.38. The van der Waals surface area contributed by atoms with Crippen LogP contribution in [-0.2, 0) is 4.74 Å². The molecule has 0 spiro atoms. The smallest absolute Gasteiger partial charge is 0.412 e. The molecular weight excluding hydrogens is 290 g/mol. The average Bonchev–Trinajstić information content (AvgIpc) is 2.45. The highest BCUT2D eigenvalue weighted by Gasteiger charge is 2.18. The zero-order valence-electron chi connectivity index (χ0n) is 14.7. The van der Waals surface area contributed by atoms with E-state index in [1.165, 1.54) is 25.8 Å². The Morgan fingerprint density at radius 3 is 2.74 bits per heavy atom. The SMILES string of the molecule is CN1CCCCC1CNc1cccc(NC(=O)OC(C)(C)C)c1. The molecular formula is C18H29N3O2. The number of hydrogen-bond donors (Lipinski definition) is 2. The quantitative estimate of drug-likeness (QED) is 0.883. The molecule has 0 radical (unpaired) electrons. The van der Waals surface area contributed by atoms with E-state index in [0.717, 1.165) is 17.9 Å². The minimum Gasteiger partial charge on any atom is -0.444 e. The molecule has 0 aromatic heterocycles. The summed E-state index contributed by atoms with van der Waals surface area (Å²) in [6.07, 6.45) is 3.40. The van der Waals surface area contributed by atoms with Crippen molar-refractivity contribution in [2.24, 2.45) is 0 Å². The molecule has 0 saturated carbocycles. The molecule has 0 bridgehead atoms. The van der Waals surface area contributed by atoms with Crippen LogP contribution in [0.4, 0.5) is 16.2 Å². The number of benzene rings is 1. The second kappa shape index (κ2) is 7.68. The van der Waals surface area contributed by atoms with Crippen LogP contribution >= 0.6 is 0 Å². The molecule has 1 aromatic carbocycles. The molecule has 5 nitrogen and oxygen atoms in total. The Balaban J connectivity index is 1.88. The number of hydrogen-bond acceptors (Lipinski definition) is 4. The maximum Gasteiger partial charge on any atom is 0.412 e. The van der Waals surface area contributed by atoms with E-state index in [-0.39, 0.29) is 0 Å². The lowest BCUT2D eigenvalue weighted by atomic mass is 10.0. The molecule has 5 heteroatoms. The van der Waals surface area contributed by atoms with Gasteiger partial charge in [-0.2, -0.15) is 0 Å². The van der Waals surface area contributed by atoms with E-state index in [1.54, 1.807) is 0 Å². The molecule has 0 aliphatic carbocycles. The summed E-state index contributed by atoms with van der Waals surface area (Å²) in [4.78, 5) is 14.2. The second-order valence-corrected chi connectivity index (χ2v) is 7.22. The van der Waals surface area contributed by atoms with Crippen molar-refractivity contribution in [2.75, 3.05) is 30.8 Å². The number of ether oxygens (including phenoxy) is 1. The molecule has 2 N–H and O–H groups in total. The highest BCUT2D eigenvalue weighted by atomic mass is 16.6. The topological polar surface area (TPSA) is 53.6 Å². The van der Waals surface area contributed by atoms with E-state index in [0.29, 0.717) is 6.04 Å². The fourth-order valence-electron chi connectivity index (χ4n) is 2.77. The molecule has 2 rings (SSSR count). The van der Waals surface area contributed by atoms with Crippen LogP contribution in [0.2, 0.25) is 0 Å². The van der Waals surface area contributed by atoms with Crippen LogP contribution in [0.1, 0.15) is 40.0 Å². The van der Waals surface area contributed by atoms with Gasteiger partial charge in [-0.15, -0.1) is 0 Å². The Labute approximate surface area is 139 Å². The van der Waals surface area contributed by atoms with E-state index in [2.05, 4.69) is 22.6 Å². The Kier molecular flexibility index (Phi) is 5.88. The number of nitrogens with zero attached hydrogens (tertiary/aromatic N) is 1. The van der Waals surface area contributed by atoms with Gasteiger partial charge in [-0.1, -0.05) is 12.5 Å². The number of anilines is 2. The van der Waals surface area contributed by atoms with E-state index in [1.807, 2.05) is 45.0 Å². The van der Waals surface area contributed by atoms with Crippen LogP contribution in [0.5, 0.6) is 0 Å². The monoisotopic (exact) mass is 319 g/mol.